The van der Waals surface area contributed by atoms with Crippen molar-refractivity contribution in [3.63, 3.8) is 0 Å². The van der Waals surface area contributed by atoms with E-state index in [-0.39, 0.29) is 18.4 Å². The molecule has 2 heterocycles. The maximum Gasteiger partial charge on any atom is 0.513 e. The lowest BCUT2D eigenvalue weighted by atomic mass is 9.96. The first-order valence-corrected chi connectivity index (χ1v) is 12.3. The smallest absolute Gasteiger partial charge is 0.434 e. The van der Waals surface area contributed by atoms with Crippen LogP contribution in [0.2, 0.25) is 0 Å². The van der Waals surface area contributed by atoms with Crippen LogP contribution < -0.4 is 10.1 Å². The van der Waals surface area contributed by atoms with Crippen LogP contribution in [-0.2, 0) is 9.53 Å². The number of nitrogens with zero attached hydrogens (tertiary/aromatic N) is 2. The zero-order valence-corrected chi connectivity index (χ0v) is 20.8. The minimum atomic E-state index is -0.926. The molecule has 2 aliphatic rings. The van der Waals surface area contributed by atoms with Crippen LogP contribution in [0.3, 0.4) is 0 Å². The van der Waals surface area contributed by atoms with Crippen molar-refractivity contribution in [1.82, 2.24) is 15.1 Å². The number of hydrogen-bond donors (Lipinski definition) is 1. The number of piperidine rings is 1. The van der Waals surface area contributed by atoms with Gasteiger partial charge in [0.05, 0.1) is 17.7 Å². The summed E-state index contributed by atoms with van der Waals surface area (Å²) in [5.41, 5.74) is 1.11. The summed E-state index contributed by atoms with van der Waals surface area (Å²) in [4.78, 5) is 65.0. The maximum absolute atomic E-state index is 12.9. The largest absolute Gasteiger partial charge is 0.513 e. The Labute approximate surface area is 214 Å². The zero-order valence-electron chi connectivity index (χ0n) is 20.8. The number of likely N-dealkylation sites (tertiary alicyclic amines) is 1. The van der Waals surface area contributed by atoms with E-state index < -0.39 is 29.9 Å². The molecule has 1 atom stereocenters. The Bertz CT molecular complexity index is 1170. The van der Waals surface area contributed by atoms with Crippen LogP contribution in [0.4, 0.5) is 4.79 Å². The van der Waals surface area contributed by atoms with Crippen LogP contribution in [0.1, 0.15) is 57.8 Å². The van der Waals surface area contributed by atoms with Gasteiger partial charge in [0.2, 0.25) is 5.91 Å². The number of carbonyl (C=O) groups is 5. The van der Waals surface area contributed by atoms with Gasteiger partial charge in [0.15, 0.2) is 0 Å². The Morgan fingerprint density at radius 2 is 1.57 bits per heavy atom. The molecular weight excluding hydrogens is 478 g/mol. The molecule has 0 aromatic heterocycles. The molecular formula is C27H29N3O7. The van der Waals surface area contributed by atoms with E-state index in [0.717, 1.165) is 4.90 Å². The zero-order chi connectivity index (χ0) is 26.5. The molecule has 10 nitrogen and oxygen atoms in total. The standard InChI is InChI=1S/C27H29N3O7/c1-3-36-27(35)37-20-10-8-19(9-11-20)24(32)29-14-12-18(13-15-29)16-28-23(31)17(2)30-25(33)21-6-4-5-7-22(21)26(30)34/h4-11,17-18H,3,12-16H2,1-2H3,(H,28,31). The van der Waals surface area contributed by atoms with Crippen LogP contribution >= 0.6 is 0 Å². The van der Waals surface area contributed by atoms with Crippen molar-refractivity contribution in [2.75, 3.05) is 26.2 Å². The van der Waals surface area contributed by atoms with Crippen molar-refractivity contribution < 1.29 is 33.4 Å². The third-order valence-electron chi connectivity index (χ3n) is 6.62. The van der Waals surface area contributed by atoms with Crippen LogP contribution in [0, 0.1) is 5.92 Å². The minimum absolute atomic E-state index is 0.121. The number of benzene rings is 2. The normalized spacial score (nSPS) is 16.3. The number of rotatable bonds is 7. The van der Waals surface area contributed by atoms with E-state index >= 15 is 0 Å². The van der Waals surface area contributed by atoms with Gasteiger partial charge in [-0.25, -0.2) is 4.79 Å². The molecule has 0 radical (unpaired) electrons. The van der Waals surface area contributed by atoms with Crippen molar-refractivity contribution >= 4 is 29.8 Å². The molecule has 2 aliphatic heterocycles. The SMILES string of the molecule is CCOC(=O)Oc1ccc(C(=O)N2CCC(CNC(=O)C(C)N3C(=O)c4ccccc4C3=O)CC2)cc1. The summed E-state index contributed by atoms with van der Waals surface area (Å²) >= 11 is 0. The van der Waals surface area contributed by atoms with Gasteiger partial charge >= 0.3 is 6.16 Å². The summed E-state index contributed by atoms with van der Waals surface area (Å²) in [5.74, 6) is -0.976. The predicted octanol–water partition coefficient (Wildman–Crippen LogP) is 2.88. The number of hydrogen-bond acceptors (Lipinski definition) is 7. The average molecular weight is 508 g/mol. The van der Waals surface area contributed by atoms with Crippen LogP contribution in [0.5, 0.6) is 5.75 Å². The minimum Gasteiger partial charge on any atom is -0.434 e. The lowest BCUT2D eigenvalue weighted by Crippen LogP contribution is -2.49. The van der Waals surface area contributed by atoms with E-state index in [1.54, 1.807) is 67.3 Å². The highest BCUT2D eigenvalue weighted by Gasteiger charge is 2.40. The van der Waals surface area contributed by atoms with Gasteiger partial charge in [-0.2, -0.15) is 0 Å². The third-order valence-corrected chi connectivity index (χ3v) is 6.62. The highest BCUT2D eigenvalue weighted by atomic mass is 16.7. The molecule has 37 heavy (non-hydrogen) atoms. The van der Waals surface area contributed by atoms with Gasteiger partial charge in [-0.15, -0.1) is 0 Å². The molecule has 1 fully saturated rings. The second-order valence-electron chi connectivity index (χ2n) is 8.99. The molecule has 1 N–H and O–H groups in total. The number of nitrogens with one attached hydrogen (secondary N) is 1. The fourth-order valence-electron chi connectivity index (χ4n) is 4.50. The van der Waals surface area contributed by atoms with Crippen molar-refractivity contribution in [3.05, 3.63) is 65.2 Å². The van der Waals surface area contributed by atoms with Gasteiger partial charge < -0.3 is 19.7 Å². The Balaban J connectivity index is 1.23. The van der Waals surface area contributed by atoms with Gasteiger partial charge in [-0.1, -0.05) is 12.1 Å². The van der Waals surface area contributed by atoms with Crippen molar-refractivity contribution in [2.45, 2.75) is 32.7 Å². The molecule has 0 saturated carbocycles. The topological polar surface area (TPSA) is 122 Å². The molecule has 10 heteroatoms. The molecule has 1 unspecified atom stereocenters. The summed E-state index contributed by atoms with van der Waals surface area (Å²) in [5, 5.41) is 2.86. The van der Waals surface area contributed by atoms with Gasteiger partial charge in [0.1, 0.15) is 11.8 Å². The van der Waals surface area contributed by atoms with E-state index in [1.807, 2.05) is 0 Å². The van der Waals surface area contributed by atoms with E-state index in [4.69, 9.17) is 9.47 Å². The number of amides is 4. The number of fused-ring (bicyclic) bond motifs is 1. The fourth-order valence-corrected chi connectivity index (χ4v) is 4.50. The fraction of sp³-hybridized carbons (Fsp3) is 0.370. The Morgan fingerprint density at radius 1 is 0.973 bits per heavy atom. The van der Waals surface area contributed by atoms with Gasteiger partial charge in [-0.05, 0) is 69.0 Å². The summed E-state index contributed by atoms with van der Waals surface area (Å²) in [6, 6.07) is 11.9. The first-order valence-electron chi connectivity index (χ1n) is 12.3. The van der Waals surface area contributed by atoms with E-state index in [0.29, 0.717) is 54.9 Å². The van der Waals surface area contributed by atoms with E-state index in [2.05, 4.69) is 5.32 Å². The van der Waals surface area contributed by atoms with Gasteiger partial charge in [-0.3, -0.25) is 24.1 Å². The first kappa shape index (κ1) is 25.9. The van der Waals surface area contributed by atoms with Crippen LogP contribution in [0.25, 0.3) is 0 Å². The summed E-state index contributed by atoms with van der Waals surface area (Å²) in [7, 11) is 0. The second-order valence-corrected chi connectivity index (χ2v) is 8.99. The molecule has 194 valence electrons. The van der Waals surface area contributed by atoms with Crippen molar-refractivity contribution in [3.8, 4) is 5.75 Å². The Kier molecular flexibility index (Phi) is 7.86. The summed E-state index contributed by atoms with van der Waals surface area (Å²) in [6.45, 7) is 4.90. The maximum atomic E-state index is 12.9. The Morgan fingerprint density at radius 3 is 2.14 bits per heavy atom. The summed E-state index contributed by atoms with van der Waals surface area (Å²) < 4.78 is 9.74. The van der Waals surface area contributed by atoms with Gasteiger partial charge in [0.25, 0.3) is 17.7 Å². The highest BCUT2D eigenvalue weighted by molar-refractivity contribution is 6.22. The van der Waals surface area contributed by atoms with Crippen molar-refractivity contribution in [1.29, 1.82) is 0 Å². The molecule has 0 bridgehead atoms. The quantitative estimate of drug-likeness (QED) is 0.347. The van der Waals surface area contributed by atoms with Crippen LogP contribution in [-0.4, -0.2) is 71.9 Å². The second kappa shape index (κ2) is 11.2. The highest BCUT2D eigenvalue weighted by Crippen LogP contribution is 2.25. The number of imide groups is 1. The predicted molar refractivity (Wildman–Crippen MR) is 132 cm³/mol. The van der Waals surface area contributed by atoms with Crippen molar-refractivity contribution in [2.24, 2.45) is 5.92 Å². The molecule has 2 aromatic rings. The summed E-state index contributed by atoms with van der Waals surface area (Å²) in [6.07, 6.45) is 0.614. The number of carbonyl (C=O) groups excluding carboxylic acids is 5. The molecule has 4 amide bonds. The molecule has 0 aliphatic carbocycles. The lowest BCUT2D eigenvalue weighted by Gasteiger charge is -2.32. The first-order chi connectivity index (χ1) is 17.8. The van der Waals surface area contributed by atoms with Crippen LogP contribution in [0.15, 0.2) is 48.5 Å². The third kappa shape index (κ3) is 5.63. The van der Waals surface area contributed by atoms with E-state index in [1.165, 1.54) is 0 Å². The molecule has 4 rings (SSSR count). The lowest BCUT2D eigenvalue weighted by molar-refractivity contribution is -0.124. The Hall–Kier alpha value is -4.21. The monoisotopic (exact) mass is 507 g/mol. The van der Waals surface area contributed by atoms with E-state index in [9.17, 15) is 24.0 Å². The van der Waals surface area contributed by atoms with Gasteiger partial charge in [0, 0.05) is 25.2 Å². The average Bonchev–Trinajstić information content (AvgIpc) is 3.17. The molecule has 1 saturated heterocycles. The molecule has 0 spiro atoms. The number of ether oxygens (including phenoxy) is 2. The molecule has 2 aromatic carbocycles.